The van der Waals surface area contributed by atoms with Crippen LogP contribution in [0.1, 0.15) is 67.1 Å². The van der Waals surface area contributed by atoms with Crippen LogP contribution in [-0.2, 0) is 18.3 Å². The quantitative estimate of drug-likeness (QED) is 0.176. The molecule has 0 radical (unpaired) electrons. The summed E-state index contributed by atoms with van der Waals surface area (Å²) < 4.78 is 2.55. The zero-order valence-corrected chi connectivity index (χ0v) is 27.5. The van der Waals surface area contributed by atoms with Crippen LogP contribution >= 0.6 is 0 Å². The summed E-state index contributed by atoms with van der Waals surface area (Å²) in [7, 11) is 0. The van der Waals surface area contributed by atoms with Gasteiger partial charge >= 0.3 is 0 Å². The highest BCUT2D eigenvalue weighted by Crippen LogP contribution is 2.49. The maximum atomic E-state index is 4.17. The van der Waals surface area contributed by atoms with Crippen LogP contribution in [0.5, 0.6) is 0 Å². The van der Waals surface area contributed by atoms with Gasteiger partial charge in [-0.2, -0.15) is 0 Å². The third-order valence-corrected chi connectivity index (χ3v) is 11.0. The molecule has 3 aliphatic carbocycles. The highest BCUT2D eigenvalue weighted by Gasteiger charge is 2.35. The second-order valence-electron chi connectivity index (χ2n) is 13.9. The molecule has 0 amide bonds. The molecule has 0 aliphatic heterocycles. The maximum absolute atomic E-state index is 4.17. The molecule has 1 aromatic heterocycles. The van der Waals surface area contributed by atoms with Crippen molar-refractivity contribution < 1.29 is 0 Å². The van der Waals surface area contributed by atoms with Crippen molar-refractivity contribution in [1.82, 2.24) is 4.57 Å². The molecule has 0 saturated carbocycles. The van der Waals surface area contributed by atoms with Gasteiger partial charge in [0.15, 0.2) is 0 Å². The molecule has 0 spiro atoms. The third kappa shape index (κ3) is 4.02. The molecule has 47 heavy (non-hydrogen) atoms. The van der Waals surface area contributed by atoms with Gasteiger partial charge in [-0.1, -0.05) is 111 Å². The summed E-state index contributed by atoms with van der Waals surface area (Å²) >= 11 is 0. The van der Waals surface area contributed by atoms with Crippen molar-refractivity contribution in [2.45, 2.75) is 51.9 Å². The molecule has 9 rings (SSSR count). The number of hydrogen-bond donors (Lipinski definition) is 0. The molecule has 3 aliphatic rings. The van der Waals surface area contributed by atoms with Crippen LogP contribution in [-0.4, -0.2) is 4.57 Å². The summed E-state index contributed by atoms with van der Waals surface area (Å²) in [5.74, 6) is 0. The summed E-state index contributed by atoms with van der Waals surface area (Å²) in [5, 5.41) is 6.79. The number of hydrogen-bond acceptors (Lipinski definition) is 0. The Bertz CT molecular complexity index is 2450. The van der Waals surface area contributed by atoms with Crippen LogP contribution < -0.4 is 0 Å². The van der Waals surface area contributed by atoms with Crippen LogP contribution in [0, 0.1) is 0 Å². The van der Waals surface area contributed by atoms with Gasteiger partial charge in [0, 0.05) is 27.7 Å². The first-order valence-corrected chi connectivity index (χ1v) is 17.1. The van der Waals surface area contributed by atoms with Crippen molar-refractivity contribution >= 4 is 50.2 Å². The van der Waals surface area contributed by atoms with E-state index in [9.17, 15) is 0 Å². The monoisotopic (exact) mass is 605 g/mol. The van der Waals surface area contributed by atoms with Crippen molar-refractivity contribution in [2.75, 3.05) is 0 Å². The molecule has 1 nitrogen and oxygen atoms in total. The Labute approximate surface area is 277 Å². The van der Waals surface area contributed by atoms with E-state index in [4.69, 9.17) is 0 Å². The van der Waals surface area contributed by atoms with Crippen LogP contribution in [0.3, 0.4) is 0 Å². The first-order valence-electron chi connectivity index (χ1n) is 17.1. The number of rotatable bonds is 4. The number of aryl methyl sites for hydroxylation is 1. The van der Waals surface area contributed by atoms with Crippen molar-refractivity contribution in [1.29, 1.82) is 0 Å². The zero-order valence-electron chi connectivity index (χ0n) is 27.5. The Morgan fingerprint density at radius 1 is 0.723 bits per heavy atom. The fraction of sp³-hybridized carbons (Fsp3) is 0.174. The van der Waals surface area contributed by atoms with Crippen molar-refractivity contribution in [3.05, 3.63) is 155 Å². The second kappa shape index (κ2) is 10.4. The fourth-order valence-corrected chi connectivity index (χ4v) is 8.79. The SMILES string of the molecule is C=CC1=C(/C=C\C)C(C)(C)c2cc(-c3ccc4c(c3)c3c(n4-c4ccc5c(c4)c4c(c6ccccc65)C=CCC4)CCC=C3)ccc21. The first kappa shape index (κ1) is 28.1. The average Bonchev–Trinajstić information content (AvgIpc) is 3.55. The van der Waals surface area contributed by atoms with E-state index in [0.29, 0.717) is 0 Å². The van der Waals surface area contributed by atoms with E-state index in [0.717, 1.165) is 25.7 Å². The molecular weight excluding hydrogens is 567 g/mol. The smallest absolute Gasteiger partial charge is 0.0538 e. The first-order chi connectivity index (χ1) is 23.0. The Balaban J connectivity index is 1.22. The molecular formula is C46H39N. The maximum Gasteiger partial charge on any atom is 0.0538 e. The number of benzene rings is 5. The van der Waals surface area contributed by atoms with E-state index in [1.165, 1.54) is 93.9 Å². The number of aromatic nitrogens is 1. The van der Waals surface area contributed by atoms with E-state index in [1.807, 2.05) is 6.08 Å². The predicted octanol–water partition coefficient (Wildman–Crippen LogP) is 12.3. The van der Waals surface area contributed by atoms with Crippen LogP contribution in [0.4, 0.5) is 0 Å². The largest absolute Gasteiger partial charge is 0.313 e. The molecule has 0 bridgehead atoms. The fourth-order valence-electron chi connectivity index (χ4n) is 8.79. The molecule has 0 unspecified atom stereocenters. The summed E-state index contributed by atoms with van der Waals surface area (Å²) in [5.41, 5.74) is 15.9. The van der Waals surface area contributed by atoms with Gasteiger partial charge in [-0.05, 0) is 129 Å². The van der Waals surface area contributed by atoms with E-state index in [-0.39, 0.29) is 5.41 Å². The highest BCUT2D eigenvalue weighted by molar-refractivity contribution is 6.13. The predicted molar refractivity (Wildman–Crippen MR) is 203 cm³/mol. The van der Waals surface area contributed by atoms with Gasteiger partial charge in [-0.25, -0.2) is 0 Å². The van der Waals surface area contributed by atoms with Crippen LogP contribution in [0.25, 0.3) is 67.0 Å². The minimum absolute atomic E-state index is 0.0763. The van der Waals surface area contributed by atoms with Crippen molar-refractivity contribution in [3.63, 3.8) is 0 Å². The molecule has 1 heterocycles. The van der Waals surface area contributed by atoms with Gasteiger partial charge in [-0.15, -0.1) is 0 Å². The number of fused-ring (bicyclic) bond motifs is 10. The lowest BCUT2D eigenvalue weighted by Crippen LogP contribution is -2.16. The molecule has 1 heteroatoms. The Morgan fingerprint density at radius 2 is 1.47 bits per heavy atom. The molecule has 5 aromatic carbocycles. The second-order valence-corrected chi connectivity index (χ2v) is 13.9. The van der Waals surface area contributed by atoms with E-state index < -0.39 is 0 Å². The number of nitrogens with zero attached hydrogens (tertiary/aromatic N) is 1. The molecule has 0 atom stereocenters. The van der Waals surface area contributed by atoms with Crippen molar-refractivity contribution in [3.8, 4) is 16.8 Å². The summed E-state index contributed by atoms with van der Waals surface area (Å²) in [4.78, 5) is 0. The lowest BCUT2D eigenvalue weighted by atomic mass is 9.80. The molecule has 6 aromatic rings. The van der Waals surface area contributed by atoms with Gasteiger partial charge in [0.25, 0.3) is 0 Å². The third-order valence-electron chi connectivity index (χ3n) is 11.0. The standard InChI is InChI=1S/C46H39N/c1-5-13-42-32(6-2)38-23-20-30(27-43(38)46(42,3)4)29-21-25-45-41(26-29)39-18-11-12-19-44(39)47(45)31-22-24-37-35-16-8-7-14-33(35)34-15-9-10-17-36(34)40(37)28-31/h5-9,11,13-16,18,20-28H,2,10,12,17,19H2,1,3-4H3/b13-5-. The van der Waals surface area contributed by atoms with Gasteiger partial charge in [-0.3, -0.25) is 0 Å². The van der Waals surface area contributed by atoms with Crippen molar-refractivity contribution in [2.24, 2.45) is 0 Å². The van der Waals surface area contributed by atoms with Crippen LogP contribution in [0.15, 0.2) is 121 Å². The van der Waals surface area contributed by atoms with Gasteiger partial charge in [0.2, 0.25) is 0 Å². The van der Waals surface area contributed by atoms with E-state index in [2.05, 4.69) is 147 Å². The highest BCUT2D eigenvalue weighted by atomic mass is 15.0. The minimum atomic E-state index is -0.0763. The van der Waals surface area contributed by atoms with E-state index in [1.54, 1.807) is 0 Å². The molecule has 0 N–H and O–H groups in total. The summed E-state index contributed by atoms with van der Waals surface area (Å²) in [6.45, 7) is 10.9. The molecule has 0 saturated heterocycles. The van der Waals surface area contributed by atoms with Gasteiger partial charge in [0.05, 0.1) is 5.52 Å². The Hall–Kier alpha value is -5.14. The number of allylic oxidation sites excluding steroid dienone is 7. The van der Waals surface area contributed by atoms with Gasteiger partial charge < -0.3 is 4.57 Å². The Morgan fingerprint density at radius 3 is 2.30 bits per heavy atom. The summed E-state index contributed by atoms with van der Waals surface area (Å²) in [6, 6.07) is 30.2. The van der Waals surface area contributed by atoms with E-state index >= 15 is 0 Å². The van der Waals surface area contributed by atoms with Crippen LogP contribution in [0.2, 0.25) is 0 Å². The molecule has 228 valence electrons. The summed E-state index contributed by atoms with van der Waals surface area (Å²) in [6.07, 6.45) is 20.1. The average molecular weight is 606 g/mol. The lowest BCUT2D eigenvalue weighted by molar-refractivity contribution is 0.654. The lowest BCUT2D eigenvalue weighted by Gasteiger charge is -2.23. The zero-order chi connectivity index (χ0) is 31.9. The normalized spacial score (nSPS) is 16.4. The Kier molecular flexibility index (Phi) is 6.24. The molecule has 0 fully saturated rings. The minimum Gasteiger partial charge on any atom is -0.313 e. The van der Waals surface area contributed by atoms with Gasteiger partial charge in [0.1, 0.15) is 0 Å². The topological polar surface area (TPSA) is 4.93 Å².